The van der Waals surface area contributed by atoms with Crippen LogP contribution in [0.4, 0.5) is 24.7 Å². The van der Waals surface area contributed by atoms with Crippen molar-refractivity contribution in [3.63, 3.8) is 0 Å². The van der Waals surface area contributed by atoms with Gasteiger partial charge in [0.05, 0.1) is 29.1 Å². The molecular weight excluding hydrogens is 539 g/mol. The summed E-state index contributed by atoms with van der Waals surface area (Å²) in [6, 6.07) is 4.05. The molecule has 5 rings (SSSR count). The van der Waals surface area contributed by atoms with Gasteiger partial charge in [-0.15, -0.1) is 0 Å². The van der Waals surface area contributed by atoms with Crippen molar-refractivity contribution >= 4 is 51.2 Å². The van der Waals surface area contributed by atoms with Crippen LogP contribution in [0.3, 0.4) is 0 Å². The van der Waals surface area contributed by atoms with Gasteiger partial charge in [0.1, 0.15) is 22.8 Å². The van der Waals surface area contributed by atoms with Crippen LogP contribution < -0.4 is 16.5 Å². The summed E-state index contributed by atoms with van der Waals surface area (Å²) in [5.41, 5.74) is 7.42. The van der Waals surface area contributed by atoms with Gasteiger partial charge in [0, 0.05) is 56.2 Å². The smallest absolute Gasteiger partial charge is 0.341 e. The minimum absolute atomic E-state index is 0.0106. The third-order valence-electron chi connectivity index (χ3n) is 7.36. The molecule has 5 N–H and O–H groups in total. The number of carboxylic acid groups (broad SMARTS) is 1. The molecule has 1 fully saturated rings. The van der Waals surface area contributed by atoms with Gasteiger partial charge < -0.3 is 35.5 Å². The number of nitrogens with one attached hydrogen (secondary N) is 2. The average Bonchev–Trinajstić information content (AvgIpc) is 3.38. The molecule has 4 aromatic rings. The first-order chi connectivity index (χ1) is 19.3. The molecule has 10 nitrogen and oxygen atoms in total. The van der Waals surface area contributed by atoms with Gasteiger partial charge in [-0.3, -0.25) is 4.79 Å². The third kappa shape index (κ3) is 4.97. The molecule has 0 saturated carbocycles. The van der Waals surface area contributed by atoms with Gasteiger partial charge in [0.25, 0.3) is 5.92 Å². The Balaban J connectivity index is 1.75. The lowest BCUT2D eigenvalue weighted by Gasteiger charge is -2.23. The summed E-state index contributed by atoms with van der Waals surface area (Å²) >= 11 is 0. The van der Waals surface area contributed by atoms with E-state index in [0.717, 1.165) is 0 Å². The maximum Gasteiger partial charge on any atom is 0.341 e. The molecule has 0 radical (unpaired) electrons. The number of carbonyl (C=O) groups is 1. The van der Waals surface area contributed by atoms with Crippen LogP contribution >= 0.6 is 0 Å². The van der Waals surface area contributed by atoms with E-state index in [1.807, 2.05) is 0 Å². The van der Waals surface area contributed by atoms with Gasteiger partial charge in [-0.05, 0) is 43.9 Å². The molecule has 4 heterocycles. The van der Waals surface area contributed by atoms with Crippen LogP contribution in [0, 0.1) is 11.7 Å². The highest BCUT2D eigenvalue weighted by molar-refractivity contribution is 6.05. The number of hydrogen-bond acceptors (Lipinski definition) is 7. The van der Waals surface area contributed by atoms with Crippen molar-refractivity contribution < 1.29 is 23.1 Å². The van der Waals surface area contributed by atoms with Gasteiger partial charge in [-0.25, -0.2) is 22.9 Å². The molecule has 1 unspecified atom stereocenters. The fourth-order valence-corrected chi connectivity index (χ4v) is 5.51. The van der Waals surface area contributed by atoms with Crippen molar-refractivity contribution in [2.75, 3.05) is 51.8 Å². The van der Waals surface area contributed by atoms with E-state index in [-0.39, 0.29) is 35.6 Å². The summed E-state index contributed by atoms with van der Waals surface area (Å²) in [5.74, 6) is -5.80. The van der Waals surface area contributed by atoms with Gasteiger partial charge in [0.15, 0.2) is 0 Å². The number of rotatable bonds is 7. The van der Waals surface area contributed by atoms with E-state index >= 15 is 8.78 Å². The first-order valence-electron chi connectivity index (χ1n) is 12.8. The standard InChI is InChI=1S/C28H30F3N7O3/c1-33-20-8-16(29)7-17-22(25(32)35-23(17)20)21(38-11-15(10-36(2)3)28(30,31)13-38)6-14-5-18-24(39)19(27(40)41)12-37(4)26(18)34-9-14/h5-9,12,15,33,35H,10-11,13,32H2,1-4H3,(H,40,41)/b21-6-. The van der Waals surface area contributed by atoms with Crippen LogP contribution in [0.5, 0.6) is 0 Å². The van der Waals surface area contributed by atoms with Crippen molar-refractivity contribution in [3.05, 3.63) is 63.3 Å². The molecule has 0 amide bonds. The Labute approximate surface area is 232 Å². The number of nitrogens with zero attached hydrogens (tertiary/aromatic N) is 4. The van der Waals surface area contributed by atoms with E-state index in [2.05, 4.69) is 15.3 Å². The maximum absolute atomic E-state index is 15.3. The summed E-state index contributed by atoms with van der Waals surface area (Å²) in [6.07, 6.45) is 4.22. The highest BCUT2D eigenvalue weighted by Crippen LogP contribution is 2.42. The minimum Gasteiger partial charge on any atom is -0.477 e. The number of halogens is 3. The second kappa shape index (κ2) is 10.1. The molecule has 1 aliphatic heterocycles. The lowest BCUT2D eigenvalue weighted by Crippen LogP contribution is -2.34. The quantitative estimate of drug-likeness (QED) is 0.266. The Hall–Kier alpha value is -4.52. The Kier molecular flexibility index (Phi) is 6.93. The number of aromatic carboxylic acids is 1. The van der Waals surface area contributed by atoms with Crippen LogP contribution in [0.1, 0.15) is 21.5 Å². The van der Waals surface area contributed by atoms with E-state index in [0.29, 0.717) is 27.7 Å². The van der Waals surface area contributed by atoms with Crippen LogP contribution in [0.2, 0.25) is 0 Å². The molecule has 1 aliphatic rings. The molecule has 3 aromatic heterocycles. The Morgan fingerprint density at radius 1 is 1.32 bits per heavy atom. The average molecular weight is 570 g/mol. The molecule has 0 spiro atoms. The third-order valence-corrected chi connectivity index (χ3v) is 7.36. The lowest BCUT2D eigenvalue weighted by atomic mass is 10.0. The highest BCUT2D eigenvalue weighted by atomic mass is 19.3. The van der Waals surface area contributed by atoms with Crippen molar-refractivity contribution in [2.45, 2.75) is 5.92 Å². The van der Waals surface area contributed by atoms with E-state index < -0.39 is 41.2 Å². The lowest BCUT2D eigenvalue weighted by molar-refractivity contribution is -0.0315. The number of hydrogen-bond donors (Lipinski definition) is 4. The first-order valence-corrected chi connectivity index (χ1v) is 12.8. The second-order valence-electron chi connectivity index (χ2n) is 10.6. The number of aryl methyl sites for hydroxylation is 1. The Bertz CT molecular complexity index is 1780. The first kappa shape index (κ1) is 28.0. The van der Waals surface area contributed by atoms with Gasteiger partial charge >= 0.3 is 5.97 Å². The van der Waals surface area contributed by atoms with Gasteiger partial charge in [-0.1, -0.05) is 0 Å². The van der Waals surface area contributed by atoms with Crippen LogP contribution in [0.15, 0.2) is 35.4 Å². The van der Waals surface area contributed by atoms with Gasteiger partial charge in [0.2, 0.25) is 5.43 Å². The van der Waals surface area contributed by atoms with E-state index in [1.54, 1.807) is 39.2 Å². The van der Waals surface area contributed by atoms with Crippen molar-refractivity contribution in [2.24, 2.45) is 13.0 Å². The number of carboxylic acids is 1. The molecule has 41 heavy (non-hydrogen) atoms. The number of nitrogen functional groups attached to an aromatic ring is 1. The minimum atomic E-state index is -3.03. The fourth-order valence-electron chi connectivity index (χ4n) is 5.51. The molecule has 1 aromatic carbocycles. The SMILES string of the molecule is CNc1cc(F)cc2c(/C(=C/c3cnc4c(c3)c(=O)c(C(=O)O)cn4C)N3CC(CN(C)C)C(F)(F)C3)c(N)[nH]c12. The second-order valence-corrected chi connectivity index (χ2v) is 10.6. The fraction of sp³-hybridized carbons (Fsp3) is 0.321. The van der Waals surface area contributed by atoms with Gasteiger partial charge in [-0.2, -0.15) is 0 Å². The largest absolute Gasteiger partial charge is 0.477 e. The van der Waals surface area contributed by atoms with Crippen molar-refractivity contribution in [3.8, 4) is 0 Å². The molecule has 13 heteroatoms. The summed E-state index contributed by atoms with van der Waals surface area (Å²) in [5, 5.41) is 12.8. The number of pyridine rings is 2. The zero-order valence-electron chi connectivity index (χ0n) is 22.9. The summed E-state index contributed by atoms with van der Waals surface area (Å²) in [4.78, 5) is 35.2. The zero-order valence-corrected chi connectivity index (χ0v) is 22.9. The van der Waals surface area contributed by atoms with Crippen LogP contribution in [-0.4, -0.2) is 82.1 Å². The van der Waals surface area contributed by atoms with E-state index in [9.17, 15) is 19.1 Å². The molecule has 216 valence electrons. The molecule has 1 saturated heterocycles. The number of fused-ring (bicyclic) bond motifs is 2. The van der Waals surface area contributed by atoms with Crippen LogP contribution in [0.25, 0.3) is 33.7 Å². The Morgan fingerprint density at radius 3 is 2.71 bits per heavy atom. The zero-order chi connectivity index (χ0) is 29.8. The summed E-state index contributed by atoms with van der Waals surface area (Å²) in [7, 11) is 6.64. The molecule has 0 aliphatic carbocycles. The number of benzene rings is 1. The Morgan fingerprint density at radius 2 is 2.05 bits per heavy atom. The maximum atomic E-state index is 15.3. The number of alkyl halides is 2. The van der Waals surface area contributed by atoms with Crippen molar-refractivity contribution in [1.29, 1.82) is 0 Å². The highest BCUT2D eigenvalue weighted by Gasteiger charge is 2.49. The normalized spacial score (nSPS) is 17.2. The predicted octanol–water partition coefficient (Wildman–Crippen LogP) is 3.50. The number of anilines is 2. The number of H-pyrrole nitrogens is 1. The van der Waals surface area contributed by atoms with Crippen molar-refractivity contribution in [1.82, 2.24) is 24.3 Å². The number of nitrogens with two attached hydrogens (primary N) is 1. The van der Waals surface area contributed by atoms with E-state index in [1.165, 1.54) is 40.1 Å². The topological polar surface area (TPSA) is 133 Å². The molecule has 0 bridgehead atoms. The summed E-state index contributed by atoms with van der Waals surface area (Å²) in [6.45, 7) is -0.475. The number of aromatic nitrogens is 3. The molecule has 1 atom stereocenters. The predicted molar refractivity (Wildman–Crippen MR) is 153 cm³/mol. The van der Waals surface area contributed by atoms with Crippen LogP contribution in [-0.2, 0) is 7.05 Å². The molecular formula is C28H30F3N7O3. The van der Waals surface area contributed by atoms with E-state index in [4.69, 9.17) is 5.73 Å². The monoisotopic (exact) mass is 569 g/mol. The number of likely N-dealkylation sites (tertiary alicyclic amines) is 1. The number of aromatic amines is 1. The summed E-state index contributed by atoms with van der Waals surface area (Å²) < 4.78 is 46.6.